The van der Waals surface area contributed by atoms with Crippen molar-refractivity contribution in [3.8, 4) is 0 Å². The normalized spacial score (nSPS) is 10.9. The lowest BCUT2D eigenvalue weighted by molar-refractivity contribution is 1.42. The predicted molar refractivity (Wildman–Crippen MR) is 91.4 cm³/mol. The fourth-order valence-electron chi connectivity index (χ4n) is 2.10. The zero-order chi connectivity index (χ0) is 14.4. The van der Waals surface area contributed by atoms with E-state index in [2.05, 4.69) is 49.7 Å². The number of para-hydroxylation sites is 2. The van der Waals surface area contributed by atoms with Crippen molar-refractivity contribution in [2.45, 2.75) is 6.92 Å². The van der Waals surface area contributed by atoms with Crippen LogP contribution in [0.2, 0.25) is 0 Å². The molecule has 1 heteroatoms. The summed E-state index contributed by atoms with van der Waals surface area (Å²) in [4.78, 5) is 0. The van der Waals surface area contributed by atoms with E-state index < -0.39 is 0 Å². The minimum atomic E-state index is 0. The van der Waals surface area contributed by atoms with Gasteiger partial charge in [0.2, 0.25) is 0 Å². The van der Waals surface area contributed by atoms with Crippen LogP contribution in [0.5, 0.6) is 0 Å². The average Bonchev–Trinajstić information content (AvgIpc) is 2.48. The van der Waals surface area contributed by atoms with Gasteiger partial charge in [-0.2, -0.15) is 0 Å². The summed E-state index contributed by atoms with van der Waals surface area (Å²) in [6.07, 6.45) is 5.59. The van der Waals surface area contributed by atoms with E-state index in [4.69, 9.17) is 0 Å². The molecule has 2 aromatic carbocycles. The largest absolute Gasteiger partial charge is 0.355 e. The van der Waals surface area contributed by atoms with Crippen LogP contribution < -0.4 is 5.32 Å². The van der Waals surface area contributed by atoms with Crippen LogP contribution in [0.4, 0.5) is 11.4 Å². The number of aryl methyl sites for hydroxylation is 1. The van der Waals surface area contributed by atoms with Crippen LogP contribution in [0, 0.1) is 6.92 Å². The number of hydrogen-bond acceptors (Lipinski definition) is 1. The lowest BCUT2D eigenvalue weighted by atomic mass is 10.0. The van der Waals surface area contributed by atoms with E-state index in [1.807, 2.05) is 36.4 Å². The lowest BCUT2D eigenvalue weighted by Gasteiger charge is -2.14. The summed E-state index contributed by atoms with van der Waals surface area (Å²) in [7, 11) is 0. The smallest absolute Gasteiger partial charge is 0.0463 e. The third-order valence-electron chi connectivity index (χ3n) is 3.17. The zero-order valence-electron chi connectivity index (χ0n) is 11.8. The van der Waals surface area contributed by atoms with Crippen molar-refractivity contribution in [1.29, 1.82) is 0 Å². The molecule has 0 radical (unpaired) electrons. The molecule has 0 amide bonds. The summed E-state index contributed by atoms with van der Waals surface area (Å²) < 4.78 is 0. The van der Waals surface area contributed by atoms with Crippen molar-refractivity contribution in [3.05, 3.63) is 91.0 Å². The second kappa shape index (κ2) is 6.58. The van der Waals surface area contributed by atoms with Crippen molar-refractivity contribution in [1.82, 2.24) is 0 Å². The van der Waals surface area contributed by atoms with Gasteiger partial charge in [0.25, 0.3) is 0 Å². The van der Waals surface area contributed by atoms with Gasteiger partial charge in [-0.05, 0) is 30.2 Å². The van der Waals surface area contributed by atoms with Crippen molar-refractivity contribution >= 4 is 16.9 Å². The van der Waals surface area contributed by atoms with E-state index in [0.29, 0.717) is 0 Å². The first-order valence-electron chi connectivity index (χ1n) is 6.63. The van der Waals surface area contributed by atoms with Gasteiger partial charge in [-0.1, -0.05) is 67.8 Å². The number of hydrogen-bond donors (Lipinski definition) is 1. The van der Waals surface area contributed by atoms with Crippen molar-refractivity contribution < 1.29 is 1.43 Å². The molecule has 0 spiro atoms. The molecule has 102 valence electrons. The molecule has 1 nitrogen and oxygen atoms in total. The fraction of sp³-hybridized carbons (Fsp3) is 0.0526. The molecule has 0 fully saturated rings. The van der Waals surface area contributed by atoms with Gasteiger partial charge in [-0.15, -0.1) is 0 Å². The molecule has 0 heterocycles. The van der Waals surface area contributed by atoms with E-state index in [1.54, 1.807) is 6.08 Å². The first kappa shape index (κ1) is 13.9. The highest BCUT2D eigenvalue weighted by Gasteiger charge is 2.05. The van der Waals surface area contributed by atoms with Gasteiger partial charge in [0.15, 0.2) is 0 Å². The Bertz CT molecular complexity index is 656. The SMILES string of the molecule is C=C/C=C(\C=C)c1ccccc1Nc1ccccc1C.[HH]. The van der Waals surface area contributed by atoms with Gasteiger partial charge >= 0.3 is 0 Å². The van der Waals surface area contributed by atoms with Crippen LogP contribution in [-0.2, 0) is 0 Å². The van der Waals surface area contributed by atoms with Crippen molar-refractivity contribution in [2.24, 2.45) is 0 Å². The average molecular weight is 263 g/mol. The number of nitrogens with one attached hydrogen (secondary N) is 1. The third kappa shape index (κ3) is 3.07. The van der Waals surface area contributed by atoms with Crippen LogP contribution in [0.1, 0.15) is 12.6 Å². The number of rotatable bonds is 5. The Kier molecular flexibility index (Phi) is 4.56. The zero-order valence-corrected chi connectivity index (χ0v) is 11.8. The Morgan fingerprint density at radius 2 is 1.65 bits per heavy atom. The van der Waals surface area contributed by atoms with Gasteiger partial charge in [0.1, 0.15) is 0 Å². The van der Waals surface area contributed by atoms with Crippen molar-refractivity contribution in [2.75, 3.05) is 5.32 Å². The molecular weight excluding hydrogens is 242 g/mol. The molecule has 0 bridgehead atoms. The molecule has 0 aliphatic heterocycles. The quantitative estimate of drug-likeness (QED) is 0.678. The summed E-state index contributed by atoms with van der Waals surface area (Å²) in [5.41, 5.74) is 5.56. The molecule has 0 aromatic heterocycles. The molecule has 0 saturated carbocycles. The van der Waals surface area contributed by atoms with E-state index in [9.17, 15) is 0 Å². The summed E-state index contributed by atoms with van der Waals surface area (Å²) in [6, 6.07) is 16.5. The van der Waals surface area contributed by atoms with Crippen LogP contribution in [0.3, 0.4) is 0 Å². The number of allylic oxidation sites excluding steroid dienone is 4. The Morgan fingerprint density at radius 3 is 2.30 bits per heavy atom. The highest BCUT2D eigenvalue weighted by Crippen LogP contribution is 2.28. The lowest BCUT2D eigenvalue weighted by Crippen LogP contribution is -1.96. The molecule has 20 heavy (non-hydrogen) atoms. The first-order chi connectivity index (χ1) is 9.76. The minimum Gasteiger partial charge on any atom is -0.355 e. The molecule has 2 aromatic rings. The van der Waals surface area contributed by atoms with E-state index in [-0.39, 0.29) is 1.43 Å². The molecule has 0 saturated heterocycles. The van der Waals surface area contributed by atoms with E-state index in [0.717, 1.165) is 22.5 Å². The summed E-state index contributed by atoms with van der Waals surface area (Å²) in [6.45, 7) is 9.73. The van der Waals surface area contributed by atoms with Crippen LogP contribution >= 0.6 is 0 Å². The van der Waals surface area contributed by atoms with Gasteiger partial charge < -0.3 is 5.32 Å². The third-order valence-corrected chi connectivity index (χ3v) is 3.17. The molecule has 0 aliphatic carbocycles. The monoisotopic (exact) mass is 263 g/mol. The van der Waals surface area contributed by atoms with E-state index in [1.165, 1.54) is 5.56 Å². The molecular formula is C19H21N. The molecule has 0 atom stereocenters. The van der Waals surface area contributed by atoms with Gasteiger partial charge in [-0.3, -0.25) is 0 Å². The topological polar surface area (TPSA) is 12.0 Å². The van der Waals surface area contributed by atoms with Gasteiger partial charge in [0, 0.05) is 18.4 Å². The van der Waals surface area contributed by atoms with E-state index >= 15 is 0 Å². The van der Waals surface area contributed by atoms with Gasteiger partial charge in [-0.25, -0.2) is 0 Å². The fourth-order valence-corrected chi connectivity index (χ4v) is 2.10. The highest BCUT2D eigenvalue weighted by molar-refractivity contribution is 5.84. The summed E-state index contributed by atoms with van der Waals surface area (Å²) in [5.74, 6) is 0. The Hall–Kier alpha value is -2.54. The van der Waals surface area contributed by atoms with Crippen LogP contribution in [-0.4, -0.2) is 0 Å². The van der Waals surface area contributed by atoms with Crippen LogP contribution in [0.15, 0.2) is 79.9 Å². The maximum Gasteiger partial charge on any atom is 0.0463 e. The molecule has 2 rings (SSSR count). The second-order valence-corrected chi connectivity index (χ2v) is 4.55. The van der Waals surface area contributed by atoms with Crippen molar-refractivity contribution in [3.63, 3.8) is 0 Å². The first-order valence-corrected chi connectivity index (χ1v) is 6.63. The molecule has 0 aliphatic rings. The standard InChI is InChI=1S/C19H19N.H2/c1-4-10-16(5-2)17-12-7-9-14-19(17)20-18-13-8-6-11-15(18)3;/h4-14,20H,1-2H2,3H3;1H/b16-10+;. The second-order valence-electron chi connectivity index (χ2n) is 4.55. The molecule has 1 N–H and O–H groups in total. The van der Waals surface area contributed by atoms with Gasteiger partial charge in [0.05, 0.1) is 0 Å². The minimum absolute atomic E-state index is 0. The maximum absolute atomic E-state index is 3.88. The Balaban J connectivity index is 0.00000220. The van der Waals surface area contributed by atoms with Crippen LogP contribution in [0.25, 0.3) is 5.57 Å². The predicted octanol–water partition coefficient (Wildman–Crippen LogP) is 5.74. The molecule has 0 unspecified atom stereocenters. The number of benzene rings is 2. The summed E-state index contributed by atoms with van der Waals surface area (Å²) in [5, 5.41) is 3.49. The highest BCUT2D eigenvalue weighted by atomic mass is 14.9. The summed E-state index contributed by atoms with van der Waals surface area (Å²) >= 11 is 0. The Labute approximate surface area is 122 Å². The maximum atomic E-state index is 3.88. The number of anilines is 2. The Morgan fingerprint density at radius 1 is 1.00 bits per heavy atom.